The smallest absolute Gasteiger partial charge is 0.133 e. The topological polar surface area (TPSA) is 53.2 Å². The van der Waals surface area contributed by atoms with Crippen LogP contribution in [0, 0.1) is 18.3 Å². The number of phenols is 1. The van der Waals surface area contributed by atoms with E-state index in [4.69, 9.17) is 10.00 Å². The number of benzene rings is 2. The Bertz CT molecular complexity index is 627. The van der Waals surface area contributed by atoms with Gasteiger partial charge < -0.3 is 9.84 Å². The minimum Gasteiger partial charge on any atom is -0.507 e. The molecule has 0 spiro atoms. The third-order valence-electron chi connectivity index (χ3n) is 2.86. The summed E-state index contributed by atoms with van der Waals surface area (Å²) in [7, 11) is 1.63. The van der Waals surface area contributed by atoms with Crippen molar-refractivity contribution in [3.63, 3.8) is 0 Å². The molecule has 0 heterocycles. The molecular formula is C15H13NO2. The average molecular weight is 239 g/mol. The zero-order valence-electron chi connectivity index (χ0n) is 10.3. The summed E-state index contributed by atoms with van der Waals surface area (Å²) >= 11 is 0. The van der Waals surface area contributed by atoms with Crippen LogP contribution in [0.5, 0.6) is 11.5 Å². The first-order valence-electron chi connectivity index (χ1n) is 5.54. The lowest BCUT2D eigenvalue weighted by molar-refractivity contribution is 0.414. The Morgan fingerprint density at radius 3 is 2.56 bits per heavy atom. The molecule has 3 heteroatoms. The summed E-state index contributed by atoms with van der Waals surface area (Å²) in [5.74, 6) is 0.808. The maximum absolute atomic E-state index is 9.49. The van der Waals surface area contributed by atoms with E-state index in [2.05, 4.69) is 0 Å². The number of hydrogen-bond donors (Lipinski definition) is 1. The molecule has 0 radical (unpaired) electrons. The number of aromatic hydroxyl groups is 1. The Kier molecular flexibility index (Phi) is 3.20. The normalized spacial score (nSPS) is 9.83. The minimum absolute atomic E-state index is 0.00687. The first-order chi connectivity index (χ1) is 8.65. The van der Waals surface area contributed by atoms with E-state index in [0.29, 0.717) is 0 Å². The van der Waals surface area contributed by atoms with Gasteiger partial charge in [-0.15, -0.1) is 0 Å². The molecule has 2 aromatic carbocycles. The summed E-state index contributed by atoms with van der Waals surface area (Å²) in [6.45, 7) is 1.98. The predicted octanol–water partition coefficient (Wildman–Crippen LogP) is 3.25. The van der Waals surface area contributed by atoms with Crippen LogP contribution in [0.3, 0.4) is 0 Å². The molecule has 0 aliphatic carbocycles. The van der Waals surface area contributed by atoms with Gasteiger partial charge in [0.2, 0.25) is 0 Å². The maximum atomic E-state index is 9.49. The number of rotatable bonds is 2. The van der Waals surface area contributed by atoms with Gasteiger partial charge in [0.05, 0.1) is 12.7 Å². The fraction of sp³-hybridized carbons (Fsp3) is 0.133. The number of methoxy groups -OCH3 is 1. The second kappa shape index (κ2) is 4.80. The lowest BCUT2D eigenvalue weighted by atomic mass is 9.98. The molecule has 0 fully saturated rings. The summed E-state index contributed by atoms with van der Waals surface area (Å²) in [6, 6.07) is 12.8. The van der Waals surface area contributed by atoms with Crippen LogP contribution in [0.2, 0.25) is 0 Å². The molecule has 2 aromatic rings. The third-order valence-corrected chi connectivity index (χ3v) is 2.86. The van der Waals surface area contributed by atoms with E-state index in [1.54, 1.807) is 19.2 Å². The third kappa shape index (κ3) is 2.14. The van der Waals surface area contributed by atoms with Crippen LogP contribution >= 0.6 is 0 Å². The maximum Gasteiger partial charge on any atom is 0.133 e. The lowest BCUT2D eigenvalue weighted by Gasteiger charge is -2.09. The molecule has 18 heavy (non-hydrogen) atoms. The van der Waals surface area contributed by atoms with Gasteiger partial charge in [0.1, 0.15) is 17.6 Å². The van der Waals surface area contributed by atoms with E-state index in [9.17, 15) is 5.11 Å². The van der Waals surface area contributed by atoms with Crippen molar-refractivity contribution in [2.75, 3.05) is 7.11 Å². The minimum atomic E-state index is 0.00687. The van der Waals surface area contributed by atoms with Crippen LogP contribution in [0.4, 0.5) is 0 Å². The number of hydrogen-bond acceptors (Lipinski definition) is 3. The van der Waals surface area contributed by atoms with Crippen LogP contribution in [0.25, 0.3) is 11.1 Å². The van der Waals surface area contributed by atoms with E-state index >= 15 is 0 Å². The second-order valence-corrected chi connectivity index (χ2v) is 4.02. The first-order valence-corrected chi connectivity index (χ1v) is 5.54. The second-order valence-electron chi connectivity index (χ2n) is 4.02. The highest BCUT2D eigenvalue weighted by molar-refractivity contribution is 5.70. The predicted molar refractivity (Wildman–Crippen MR) is 69.5 cm³/mol. The highest BCUT2D eigenvalue weighted by Crippen LogP contribution is 2.29. The Labute approximate surface area is 106 Å². The molecule has 0 saturated carbocycles. The van der Waals surface area contributed by atoms with Crippen molar-refractivity contribution < 1.29 is 9.84 Å². The first kappa shape index (κ1) is 12.0. The molecule has 0 aliphatic rings. The zero-order chi connectivity index (χ0) is 13.1. The number of nitriles is 1. The zero-order valence-corrected chi connectivity index (χ0v) is 10.3. The Morgan fingerprint density at radius 1 is 1.17 bits per heavy atom. The van der Waals surface area contributed by atoms with E-state index in [0.717, 1.165) is 22.4 Å². The van der Waals surface area contributed by atoms with Crippen molar-refractivity contribution in [2.24, 2.45) is 0 Å². The Balaban J connectivity index is 2.52. The Morgan fingerprint density at radius 2 is 1.94 bits per heavy atom. The summed E-state index contributed by atoms with van der Waals surface area (Å²) < 4.78 is 5.16. The number of aryl methyl sites for hydroxylation is 1. The molecule has 3 nitrogen and oxygen atoms in total. The molecule has 0 unspecified atom stereocenters. The van der Waals surface area contributed by atoms with Gasteiger partial charge in [0.15, 0.2) is 0 Å². The van der Waals surface area contributed by atoms with Crippen LogP contribution in [-0.2, 0) is 0 Å². The summed E-state index contributed by atoms with van der Waals surface area (Å²) in [4.78, 5) is 0. The van der Waals surface area contributed by atoms with Crippen LogP contribution in [-0.4, -0.2) is 12.2 Å². The molecule has 0 amide bonds. The van der Waals surface area contributed by atoms with E-state index in [-0.39, 0.29) is 11.3 Å². The molecule has 90 valence electrons. The van der Waals surface area contributed by atoms with Gasteiger partial charge in [-0.2, -0.15) is 5.26 Å². The van der Waals surface area contributed by atoms with Gasteiger partial charge in [-0.3, -0.25) is 0 Å². The lowest BCUT2D eigenvalue weighted by Crippen LogP contribution is -1.88. The fourth-order valence-electron chi connectivity index (χ4n) is 1.88. The molecule has 0 bridgehead atoms. The van der Waals surface area contributed by atoms with Gasteiger partial charge in [-0.25, -0.2) is 0 Å². The summed E-state index contributed by atoms with van der Waals surface area (Å²) in [5.41, 5.74) is 3.27. The van der Waals surface area contributed by atoms with Crippen molar-refractivity contribution in [1.29, 1.82) is 5.26 Å². The summed E-state index contributed by atoms with van der Waals surface area (Å²) in [6.07, 6.45) is 0. The molecular weight excluding hydrogens is 226 g/mol. The van der Waals surface area contributed by atoms with Gasteiger partial charge in [-0.1, -0.05) is 12.1 Å². The highest BCUT2D eigenvalue weighted by Gasteiger charge is 2.07. The van der Waals surface area contributed by atoms with Gasteiger partial charge in [0, 0.05) is 0 Å². The number of phenolic OH excluding ortho intramolecular Hbond substituents is 1. The number of ether oxygens (including phenoxy) is 1. The SMILES string of the molecule is COc1ccc(-c2ccc(O)c(C#N)c2)c(C)c1. The van der Waals surface area contributed by atoms with Gasteiger partial charge in [-0.05, 0) is 47.9 Å². The van der Waals surface area contributed by atoms with Crippen molar-refractivity contribution in [2.45, 2.75) is 6.92 Å². The Hall–Kier alpha value is -2.47. The summed E-state index contributed by atoms with van der Waals surface area (Å²) in [5, 5.41) is 18.4. The van der Waals surface area contributed by atoms with Gasteiger partial charge >= 0.3 is 0 Å². The largest absolute Gasteiger partial charge is 0.507 e. The fourth-order valence-corrected chi connectivity index (χ4v) is 1.88. The molecule has 0 aromatic heterocycles. The highest BCUT2D eigenvalue weighted by atomic mass is 16.5. The quantitative estimate of drug-likeness (QED) is 0.875. The van der Waals surface area contributed by atoms with Gasteiger partial charge in [0.25, 0.3) is 0 Å². The molecule has 1 N–H and O–H groups in total. The van der Waals surface area contributed by atoms with E-state index < -0.39 is 0 Å². The van der Waals surface area contributed by atoms with Crippen molar-refractivity contribution in [3.8, 4) is 28.7 Å². The monoisotopic (exact) mass is 239 g/mol. The van der Waals surface area contributed by atoms with Crippen LogP contribution < -0.4 is 4.74 Å². The van der Waals surface area contributed by atoms with E-state index in [1.807, 2.05) is 31.2 Å². The van der Waals surface area contributed by atoms with Crippen molar-refractivity contribution in [3.05, 3.63) is 47.5 Å². The van der Waals surface area contributed by atoms with E-state index in [1.165, 1.54) is 6.07 Å². The molecule has 0 atom stereocenters. The number of nitrogens with zero attached hydrogens (tertiary/aromatic N) is 1. The molecule has 0 aliphatic heterocycles. The van der Waals surface area contributed by atoms with Crippen LogP contribution in [0.1, 0.15) is 11.1 Å². The standard InChI is InChI=1S/C15H13NO2/c1-10-7-13(18-2)4-5-14(10)11-3-6-15(17)12(8-11)9-16/h3-8,17H,1-2H3. The molecule has 0 saturated heterocycles. The molecule has 2 rings (SSSR count). The van der Waals surface area contributed by atoms with Crippen LogP contribution in [0.15, 0.2) is 36.4 Å². The average Bonchev–Trinajstić information content (AvgIpc) is 2.39. The van der Waals surface area contributed by atoms with Crippen molar-refractivity contribution >= 4 is 0 Å². The van der Waals surface area contributed by atoms with Crippen molar-refractivity contribution in [1.82, 2.24) is 0 Å².